The van der Waals surface area contributed by atoms with Crippen LogP contribution in [0.1, 0.15) is 40.2 Å². The molecule has 92 valence electrons. The number of hydrogen-bond donors (Lipinski definition) is 0. The van der Waals surface area contributed by atoms with Crippen molar-refractivity contribution in [2.45, 2.75) is 46.6 Å². The van der Waals surface area contributed by atoms with Gasteiger partial charge >= 0.3 is 0 Å². The molecule has 0 atom stereocenters. The summed E-state index contributed by atoms with van der Waals surface area (Å²) in [6, 6.07) is 10.7. The molecule has 0 aliphatic rings. The van der Waals surface area contributed by atoms with Crippen LogP contribution >= 0.6 is 0 Å². The monoisotopic (exact) mass is 221 g/mol. The Hall–Kier alpha value is -0.820. The molecule has 0 heterocycles. The number of rotatable bonds is 3. The third-order valence-electron chi connectivity index (χ3n) is 2.72. The summed E-state index contributed by atoms with van der Waals surface area (Å²) in [4.78, 5) is 2.39. The quantitative estimate of drug-likeness (QED) is 0.746. The van der Waals surface area contributed by atoms with Gasteiger partial charge in [0.15, 0.2) is 0 Å². The van der Waals surface area contributed by atoms with Crippen molar-refractivity contribution in [3.63, 3.8) is 0 Å². The van der Waals surface area contributed by atoms with Gasteiger partial charge in [-0.05, 0) is 39.8 Å². The molecule has 0 radical (unpaired) electrons. The zero-order chi connectivity index (χ0) is 12.6. The summed E-state index contributed by atoms with van der Waals surface area (Å²) in [5.74, 6) is 0. The molecular formula is C15H27N. The van der Waals surface area contributed by atoms with Gasteiger partial charge in [0.2, 0.25) is 0 Å². The van der Waals surface area contributed by atoms with Crippen LogP contribution in [0.25, 0.3) is 0 Å². The molecule has 0 bridgehead atoms. The fraction of sp³-hybridized carbons (Fsp3) is 0.600. The molecule has 0 aromatic heterocycles. The molecule has 0 fully saturated rings. The van der Waals surface area contributed by atoms with Crippen LogP contribution in [0.15, 0.2) is 30.3 Å². The SMILES string of the molecule is CC.CN(CCc1ccccc1)C(C)(C)C. The van der Waals surface area contributed by atoms with Gasteiger partial charge in [-0.25, -0.2) is 0 Å². The predicted octanol–water partition coefficient (Wildman–Crippen LogP) is 3.99. The van der Waals surface area contributed by atoms with Crippen LogP contribution in [0.4, 0.5) is 0 Å². The van der Waals surface area contributed by atoms with E-state index in [0.717, 1.165) is 13.0 Å². The van der Waals surface area contributed by atoms with Crippen LogP contribution in [-0.2, 0) is 6.42 Å². The van der Waals surface area contributed by atoms with Gasteiger partial charge in [0.05, 0.1) is 0 Å². The van der Waals surface area contributed by atoms with Crippen LogP contribution in [0.3, 0.4) is 0 Å². The summed E-state index contributed by atoms with van der Waals surface area (Å²) in [6.07, 6.45) is 1.13. The standard InChI is InChI=1S/C13H21N.C2H6/c1-13(2,3)14(4)11-10-12-8-6-5-7-9-12;1-2/h5-9H,10-11H2,1-4H3;1-2H3. The minimum Gasteiger partial charge on any atom is -0.301 e. The highest BCUT2D eigenvalue weighted by Crippen LogP contribution is 2.11. The van der Waals surface area contributed by atoms with Crippen molar-refractivity contribution in [3.05, 3.63) is 35.9 Å². The van der Waals surface area contributed by atoms with Crippen molar-refractivity contribution in [1.29, 1.82) is 0 Å². The van der Waals surface area contributed by atoms with Crippen LogP contribution in [0, 0.1) is 0 Å². The first-order valence-electron chi connectivity index (χ1n) is 6.25. The molecule has 1 aromatic rings. The minimum absolute atomic E-state index is 0.273. The molecule has 0 unspecified atom stereocenters. The first-order valence-corrected chi connectivity index (χ1v) is 6.25. The Labute approximate surface area is 101 Å². The van der Waals surface area contributed by atoms with Gasteiger partial charge in [-0.2, -0.15) is 0 Å². The molecule has 0 saturated carbocycles. The predicted molar refractivity (Wildman–Crippen MR) is 73.9 cm³/mol. The van der Waals surface area contributed by atoms with Gasteiger partial charge in [0.1, 0.15) is 0 Å². The van der Waals surface area contributed by atoms with E-state index in [1.165, 1.54) is 5.56 Å². The van der Waals surface area contributed by atoms with Crippen LogP contribution in [-0.4, -0.2) is 24.0 Å². The van der Waals surface area contributed by atoms with Gasteiger partial charge in [-0.1, -0.05) is 44.2 Å². The van der Waals surface area contributed by atoms with Gasteiger partial charge in [0.25, 0.3) is 0 Å². The van der Waals surface area contributed by atoms with Crippen molar-refractivity contribution in [3.8, 4) is 0 Å². The Morgan fingerprint density at radius 3 is 1.94 bits per heavy atom. The molecule has 0 spiro atoms. The number of nitrogens with zero attached hydrogens (tertiary/aromatic N) is 1. The first kappa shape index (κ1) is 15.2. The maximum Gasteiger partial charge on any atom is 0.0122 e. The third-order valence-corrected chi connectivity index (χ3v) is 2.72. The van der Waals surface area contributed by atoms with Crippen molar-refractivity contribution in [2.24, 2.45) is 0 Å². The number of benzene rings is 1. The van der Waals surface area contributed by atoms with E-state index in [-0.39, 0.29) is 5.54 Å². The smallest absolute Gasteiger partial charge is 0.0122 e. The highest BCUT2D eigenvalue weighted by atomic mass is 15.1. The van der Waals surface area contributed by atoms with E-state index in [1.54, 1.807) is 0 Å². The molecule has 1 aromatic carbocycles. The lowest BCUT2D eigenvalue weighted by Crippen LogP contribution is -2.39. The van der Waals surface area contributed by atoms with Gasteiger partial charge in [-0.3, -0.25) is 0 Å². The molecule has 16 heavy (non-hydrogen) atoms. The second-order valence-electron chi connectivity index (χ2n) is 4.83. The number of hydrogen-bond acceptors (Lipinski definition) is 1. The van der Waals surface area contributed by atoms with E-state index in [2.05, 4.69) is 63.1 Å². The van der Waals surface area contributed by atoms with Crippen molar-refractivity contribution >= 4 is 0 Å². The van der Waals surface area contributed by atoms with Crippen molar-refractivity contribution < 1.29 is 0 Å². The minimum atomic E-state index is 0.273. The molecule has 1 nitrogen and oxygen atoms in total. The molecule has 0 amide bonds. The van der Waals surface area contributed by atoms with Gasteiger partial charge < -0.3 is 4.90 Å². The van der Waals surface area contributed by atoms with Gasteiger partial charge in [0, 0.05) is 12.1 Å². The van der Waals surface area contributed by atoms with E-state index >= 15 is 0 Å². The Bertz CT molecular complexity index is 259. The normalized spacial score (nSPS) is 10.9. The fourth-order valence-electron chi connectivity index (χ4n) is 1.28. The Kier molecular flexibility index (Phi) is 7.07. The lowest BCUT2D eigenvalue weighted by Gasteiger charge is -2.31. The molecule has 0 aliphatic carbocycles. The molecule has 0 N–H and O–H groups in total. The summed E-state index contributed by atoms with van der Waals surface area (Å²) < 4.78 is 0. The molecular weight excluding hydrogens is 194 g/mol. The molecule has 1 rings (SSSR count). The Morgan fingerprint density at radius 1 is 1.00 bits per heavy atom. The maximum absolute atomic E-state index is 2.39. The average molecular weight is 221 g/mol. The zero-order valence-electron chi connectivity index (χ0n) is 11.7. The highest BCUT2D eigenvalue weighted by molar-refractivity contribution is 5.14. The number of likely N-dealkylation sites (N-methyl/N-ethyl adjacent to an activating group) is 1. The van der Waals surface area contributed by atoms with E-state index in [1.807, 2.05) is 13.8 Å². The first-order chi connectivity index (χ1) is 7.50. The largest absolute Gasteiger partial charge is 0.301 e. The zero-order valence-corrected chi connectivity index (χ0v) is 11.7. The van der Waals surface area contributed by atoms with Crippen LogP contribution in [0.5, 0.6) is 0 Å². The average Bonchev–Trinajstić information content (AvgIpc) is 2.28. The van der Waals surface area contributed by atoms with E-state index in [9.17, 15) is 0 Å². The fourth-order valence-corrected chi connectivity index (χ4v) is 1.28. The van der Waals surface area contributed by atoms with Crippen LogP contribution in [0.2, 0.25) is 0 Å². The molecule has 0 saturated heterocycles. The van der Waals surface area contributed by atoms with E-state index < -0.39 is 0 Å². The summed E-state index contributed by atoms with van der Waals surface area (Å²) in [6.45, 7) is 11.9. The van der Waals surface area contributed by atoms with E-state index in [0.29, 0.717) is 0 Å². The highest BCUT2D eigenvalue weighted by Gasteiger charge is 2.15. The van der Waals surface area contributed by atoms with Crippen molar-refractivity contribution in [2.75, 3.05) is 13.6 Å². The summed E-state index contributed by atoms with van der Waals surface area (Å²) in [5, 5.41) is 0. The lowest BCUT2D eigenvalue weighted by atomic mass is 10.1. The maximum atomic E-state index is 2.39. The topological polar surface area (TPSA) is 3.24 Å². The third kappa shape index (κ3) is 5.92. The van der Waals surface area contributed by atoms with Gasteiger partial charge in [-0.15, -0.1) is 0 Å². The summed E-state index contributed by atoms with van der Waals surface area (Å²) in [5.41, 5.74) is 1.69. The summed E-state index contributed by atoms with van der Waals surface area (Å²) >= 11 is 0. The second-order valence-corrected chi connectivity index (χ2v) is 4.83. The molecule has 1 heteroatoms. The van der Waals surface area contributed by atoms with E-state index in [4.69, 9.17) is 0 Å². The molecule has 0 aliphatic heterocycles. The Morgan fingerprint density at radius 2 is 1.50 bits per heavy atom. The summed E-state index contributed by atoms with van der Waals surface area (Å²) in [7, 11) is 2.18. The Balaban J connectivity index is 0.00000106. The van der Waals surface area contributed by atoms with Crippen molar-refractivity contribution in [1.82, 2.24) is 4.90 Å². The van der Waals surface area contributed by atoms with Crippen LogP contribution < -0.4 is 0 Å². The second kappa shape index (κ2) is 7.45. The lowest BCUT2D eigenvalue weighted by molar-refractivity contribution is 0.178.